The highest BCUT2D eigenvalue weighted by molar-refractivity contribution is 5.64. The standard InChI is InChI=1S/C23H24N2O3/c1-27-22-11-17-7-9-25(14-19(17)12-23(22)28-2)15-20-10-16(5-6-21(20)26)18-4-3-8-24-13-18/h3-6,8,10-13,26H,7,9,14-15H2,1-2H3. The number of phenolic OH excluding ortho intramolecular Hbond substituents is 1. The van der Waals surface area contributed by atoms with Crippen molar-refractivity contribution in [1.82, 2.24) is 9.88 Å². The molecule has 2 aromatic carbocycles. The third-order valence-electron chi connectivity index (χ3n) is 5.27. The first-order valence-electron chi connectivity index (χ1n) is 9.36. The Morgan fingerprint density at radius 2 is 1.79 bits per heavy atom. The van der Waals surface area contributed by atoms with Gasteiger partial charge in [-0.3, -0.25) is 9.88 Å². The Hall–Kier alpha value is -3.05. The highest BCUT2D eigenvalue weighted by Crippen LogP contribution is 2.34. The van der Waals surface area contributed by atoms with Gasteiger partial charge in [-0.1, -0.05) is 12.1 Å². The second-order valence-corrected chi connectivity index (χ2v) is 7.02. The van der Waals surface area contributed by atoms with Crippen LogP contribution in [0.5, 0.6) is 17.2 Å². The Bertz CT molecular complexity index is 973. The van der Waals surface area contributed by atoms with Gasteiger partial charge in [0.2, 0.25) is 0 Å². The molecule has 0 atom stereocenters. The van der Waals surface area contributed by atoms with Crippen LogP contribution in [-0.4, -0.2) is 35.8 Å². The summed E-state index contributed by atoms with van der Waals surface area (Å²) in [4.78, 5) is 6.53. The van der Waals surface area contributed by atoms with E-state index in [0.717, 1.165) is 47.7 Å². The van der Waals surface area contributed by atoms with Gasteiger partial charge in [0.15, 0.2) is 11.5 Å². The molecule has 0 saturated heterocycles. The summed E-state index contributed by atoms with van der Waals surface area (Å²) in [6, 6.07) is 13.8. The number of pyridine rings is 1. The van der Waals surface area contributed by atoms with Gasteiger partial charge in [-0.15, -0.1) is 0 Å². The molecule has 1 aromatic heterocycles. The lowest BCUT2D eigenvalue weighted by atomic mass is 9.97. The van der Waals surface area contributed by atoms with Crippen molar-refractivity contribution < 1.29 is 14.6 Å². The molecular weight excluding hydrogens is 352 g/mol. The summed E-state index contributed by atoms with van der Waals surface area (Å²) in [5.41, 5.74) is 5.56. The minimum Gasteiger partial charge on any atom is -0.508 e. The highest BCUT2D eigenvalue weighted by atomic mass is 16.5. The van der Waals surface area contributed by atoms with E-state index in [1.54, 1.807) is 26.5 Å². The van der Waals surface area contributed by atoms with Gasteiger partial charge in [-0.2, -0.15) is 0 Å². The molecule has 4 rings (SSSR count). The minimum atomic E-state index is 0.325. The van der Waals surface area contributed by atoms with Crippen molar-refractivity contribution in [3.63, 3.8) is 0 Å². The second kappa shape index (κ2) is 7.90. The van der Waals surface area contributed by atoms with E-state index >= 15 is 0 Å². The first kappa shape index (κ1) is 18.3. The fraction of sp³-hybridized carbons (Fsp3) is 0.261. The van der Waals surface area contributed by atoms with E-state index in [0.29, 0.717) is 12.3 Å². The molecule has 144 valence electrons. The number of aromatic hydroxyl groups is 1. The number of methoxy groups -OCH3 is 2. The fourth-order valence-electron chi connectivity index (χ4n) is 3.74. The number of ether oxygens (including phenoxy) is 2. The fourth-order valence-corrected chi connectivity index (χ4v) is 3.74. The van der Waals surface area contributed by atoms with Gasteiger partial charge in [0, 0.05) is 43.2 Å². The van der Waals surface area contributed by atoms with E-state index in [1.165, 1.54) is 11.1 Å². The highest BCUT2D eigenvalue weighted by Gasteiger charge is 2.20. The zero-order valence-corrected chi connectivity index (χ0v) is 16.2. The number of hydrogen-bond donors (Lipinski definition) is 1. The molecule has 0 spiro atoms. The largest absolute Gasteiger partial charge is 0.508 e. The van der Waals surface area contributed by atoms with Crippen LogP contribution in [0.25, 0.3) is 11.1 Å². The van der Waals surface area contributed by atoms with Crippen LogP contribution >= 0.6 is 0 Å². The molecule has 1 aliphatic heterocycles. The Morgan fingerprint density at radius 1 is 1.00 bits per heavy atom. The third kappa shape index (κ3) is 3.66. The van der Waals surface area contributed by atoms with E-state index in [-0.39, 0.29) is 0 Å². The van der Waals surface area contributed by atoms with Crippen molar-refractivity contribution in [1.29, 1.82) is 0 Å². The van der Waals surface area contributed by atoms with E-state index in [9.17, 15) is 5.11 Å². The smallest absolute Gasteiger partial charge is 0.161 e. The van der Waals surface area contributed by atoms with Gasteiger partial charge in [0.05, 0.1) is 14.2 Å². The molecule has 28 heavy (non-hydrogen) atoms. The van der Waals surface area contributed by atoms with Crippen LogP contribution < -0.4 is 9.47 Å². The maximum absolute atomic E-state index is 10.4. The molecule has 5 nitrogen and oxygen atoms in total. The Kier molecular flexibility index (Phi) is 5.17. The van der Waals surface area contributed by atoms with Crippen molar-refractivity contribution in [2.75, 3.05) is 20.8 Å². The summed E-state index contributed by atoms with van der Waals surface area (Å²) in [5, 5.41) is 10.4. The van der Waals surface area contributed by atoms with E-state index in [4.69, 9.17) is 9.47 Å². The SMILES string of the molecule is COc1cc2c(cc1OC)CN(Cc1cc(-c3cccnc3)ccc1O)CC2. The molecule has 0 bridgehead atoms. The molecule has 0 radical (unpaired) electrons. The number of aromatic nitrogens is 1. The van der Waals surface area contributed by atoms with Crippen molar-refractivity contribution in [2.24, 2.45) is 0 Å². The summed E-state index contributed by atoms with van der Waals surface area (Å²) in [6.07, 6.45) is 4.55. The van der Waals surface area contributed by atoms with Crippen LogP contribution in [0.15, 0.2) is 54.9 Å². The van der Waals surface area contributed by atoms with Gasteiger partial charge in [0.1, 0.15) is 5.75 Å². The summed E-state index contributed by atoms with van der Waals surface area (Å²) in [5.74, 6) is 1.85. The van der Waals surface area contributed by atoms with Crippen LogP contribution in [0.4, 0.5) is 0 Å². The molecule has 3 aromatic rings. The minimum absolute atomic E-state index is 0.325. The van der Waals surface area contributed by atoms with Crippen LogP contribution in [0.1, 0.15) is 16.7 Å². The van der Waals surface area contributed by atoms with Gasteiger partial charge >= 0.3 is 0 Å². The predicted molar refractivity (Wildman–Crippen MR) is 109 cm³/mol. The molecule has 5 heteroatoms. The maximum Gasteiger partial charge on any atom is 0.161 e. The summed E-state index contributed by atoms with van der Waals surface area (Å²) < 4.78 is 10.9. The molecule has 2 heterocycles. The number of benzene rings is 2. The van der Waals surface area contributed by atoms with Gasteiger partial charge in [-0.25, -0.2) is 0 Å². The van der Waals surface area contributed by atoms with Gasteiger partial charge in [-0.05, 0) is 53.4 Å². The molecular formula is C23H24N2O3. The number of fused-ring (bicyclic) bond motifs is 1. The van der Waals surface area contributed by atoms with E-state index in [2.05, 4.69) is 28.1 Å². The Labute approximate surface area is 165 Å². The van der Waals surface area contributed by atoms with Crippen LogP contribution in [0, 0.1) is 0 Å². The number of hydrogen-bond acceptors (Lipinski definition) is 5. The van der Waals surface area contributed by atoms with E-state index in [1.807, 2.05) is 24.4 Å². The third-order valence-corrected chi connectivity index (χ3v) is 5.27. The lowest BCUT2D eigenvalue weighted by Gasteiger charge is -2.29. The number of nitrogens with zero attached hydrogens (tertiary/aromatic N) is 2. The first-order valence-corrected chi connectivity index (χ1v) is 9.36. The molecule has 0 saturated carbocycles. The summed E-state index contributed by atoms with van der Waals surface area (Å²) >= 11 is 0. The van der Waals surface area contributed by atoms with Crippen LogP contribution in [0.2, 0.25) is 0 Å². The maximum atomic E-state index is 10.4. The zero-order chi connectivity index (χ0) is 19.5. The summed E-state index contributed by atoms with van der Waals surface area (Å²) in [6.45, 7) is 2.43. The lowest BCUT2D eigenvalue weighted by Crippen LogP contribution is -2.30. The van der Waals surface area contributed by atoms with Crippen molar-refractivity contribution >= 4 is 0 Å². The molecule has 0 unspecified atom stereocenters. The molecule has 0 aliphatic carbocycles. The average Bonchev–Trinajstić information content (AvgIpc) is 2.74. The topological polar surface area (TPSA) is 54.8 Å². The molecule has 0 fully saturated rings. The monoisotopic (exact) mass is 376 g/mol. The Balaban J connectivity index is 1.56. The lowest BCUT2D eigenvalue weighted by molar-refractivity contribution is 0.241. The summed E-state index contributed by atoms with van der Waals surface area (Å²) in [7, 11) is 3.32. The molecule has 1 N–H and O–H groups in total. The number of rotatable bonds is 5. The normalized spacial score (nSPS) is 13.8. The van der Waals surface area contributed by atoms with Gasteiger partial charge < -0.3 is 14.6 Å². The first-order chi connectivity index (χ1) is 13.7. The number of phenols is 1. The van der Waals surface area contributed by atoms with Crippen molar-refractivity contribution in [3.8, 4) is 28.4 Å². The van der Waals surface area contributed by atoms with Crippen LogP contribution in [0.3, 0.4) is 0 Å². The average molecular weight is 376 g/mol. The molecule has 0 amide bonds. The van der Waals surface area contributed by atoms with Crippen molar-refractivity contribution in [2.45, 2.75) is 19.5 Å². The predicted octanol–water partition coefficient (Wildman–Crippen LogP) is 4.03. The van der Waals surface area contributed by atoms with Crippen molar-refractivity contribution in [3.05, 3.63) is 71.5 Å². The van der Waals surface area contributed by atoms with E-state index < -0.39 is 0 Å². The quantitative estimate of drug-likeness (QED) is 0.729. The zero-order valence-electron chi connectivity index (χ0n) is 16.2. The van der Waals surface area contributed by atoms with Gasteiger partial charge in [0.25, 0.3) is 0 Å². The molecule has 1 aliphatic rings. The Morgan fingerprint density at radius 3 is 2.50 bits per heavy atom. The van der Waals surface area contributed by atoms with Crippen LogP contribution in [-0.2, 0) is 19.5 Å². The second-order valence-electron chi connectivity index (χ2n) is 7.02.